The van der Waals surface area contributed by atoms with Gasteiger partial charge in [0.15, 0.2) is 0 Å². The number of β-amino-alcohol motifs (C(OH)–C–C–N with tert-alkyl or cyclic N) is 1. The minimum Gasteiger partial charge on any atom is -0.390 e. The molecule has 35 heavy (non-hydrogen) atoms. The Hall–Kier alpha value is -2.01. The lowest BCUT2D eigenvalue weighted by Gasteiger charge is -2.33. The van der Waals surface area contributed by atoms with Gasteiger partial charge in [-0.3, -0.25) is 9.80 Å². The SMILES string of the molecule is COCCCN(Cc1c(-c2ccccc2)noc1N1CCN(C)CC1)C[C@H](O)CN1CCOCC1. The van der Waals surface area contributed by atoms with E-state index in [0.717, 1.165) is 88.2 Å². The minimum atomic E-state index is -0.442. The van der Waals surface area contributed by atoms with Crippen molar-refractivity contribution in [3.8, 4) is 11.3 Å². The molecule has 0 radical (unpaired) electrons. The number of hydrogen-bond donors (Lipinski definition) is 1. The molecule has 0 amide bonds. The van der Waals surface area contributed by atoms with Crippen LogP contribution in [-0.2, 0) is 16.0 Å². The monoisotopic (exact) mass is 487 g/mol. The Bertz CT molecular complexity index is 866. The van der Waals surface area contributed by atoms with Crippen molar-refractivity contribution in [3.63, 3.8) is 0 Å². The Labute approximate surface area is 209 Å². The highest BCUT2D eigenvalue weighted by Crippen LogP contribution is 2.33. The third-order valence-corrected chi connectivity index (χ3v) is 6.85. The van der Waals surface area contributed by atoms with Crippen molar-refractivity contribution in [2.75, 3.05) is 97.8 Å². The Morgan fingerprint density at radius 1 is 1.09 bits per heavy atom. The number of likely N-dealkylation sites (N-methyl/N-ethyl adjacent to an activating group) is 1. The van der Waals surface area contributed by atoms with Gasteiger partial charge < -0.3 is 28.9 Å². The zero-order chi connectivity index (χ0) is 24.5. The fourth-order valence-corrected chi connectivity index (χ4v) is 4.85. The number of ether oxygens (including phenoxy) is 2. The quantitative estimate of drug-likeness (QED) is 0.450. The van der Waals surface area contributed by atoms with Crippen molar-refractivity contribution in [1.29, 1.82) is 0 Å². The van der Waals surface area contributed by atoms with Crippen LogP contribution >= 0.6 is 0 Å². The van der Waals surface area contributed by atoms with Crippen molar-refractivity contribution in [2.45, 2.75) is 19.1 Å². The minimum absolute atomic E-state index is 0.442. The van der Waals surface area contributed by atoms with Crippen molar-refractivity contribution >= 4 is 5.88 Å². The van der Waals surface area contributed by atoms with Gasteiger partial charge in [0.25, 0.3) is 0 Å². The van der Waals surface area contributed by atoms with E-state index in [9.17, 15) is 5.11 Å². The lowest BCUT2D eigenvalue weighted by Crippen LogP contribution is -2.45. The summed E-state index contributed by atoms with van der Waals surface area (Å²) < 4.78 is 16.8. The van der Waals surface area contributed by atoms with Crippen LogP contribution in [0.1, 0.15) is 12.0 Å². The van der Waals surface area contributed by atoms with E-state index in [1.165, 1.54) is 0 Å². The van der Waals surface area contributed by atoms with Crippen LogP contribution in [0.3, 0.4) is 0 Å². The van der Waals surface area contributed by atoms with Crippen molar-refractivity contribution < 1.29 is 19.1 Å². The Morgan fingerprint density at radius 2 is 1.83 bits per heavy atom. The number of methoxy groups -OCH3 is 1. The predicted octanol–water partition coefficient (Wildman–Crippen LogP) is 1.63. The van der Waals surface area contributed by atoms with Crippen LogP contribution in [0.25, 0.3) is 11.3 Å². The largest absolute Gasteiger partial charge is 0.390 e. The summed E-state index contributed by atoms with van der Waals surface area (Å²) in [6.45, 7) is 10.5. The smallest absolute Gasteiger partial charge is 0.232 e. The summed E-state index contributed by atoms with van der Waals surface area (Å²) in [6, 6.07) is 10.2. The van der Waals surface area contributed by atoms with Crippen molar-refractivity contribution in [1.82, 2.24) is 19.9 Å². The van der Waals surface area contributed by atoms with Crippen LogP contribution in [0.5, 0.6) is 0 Å². The molecule has 9 heteroatoms. The Balaban J connectivity index is 1.54. The molecule has 1 atom stereocenters. The van der Waals surface area contributed by atoms with Gasteiger partial charge in [0, 0.05) is 84.7 Å². The molecule has 1 aromatic carbocycles. The number of hydrogen-bond acceptors (Lipinski definition) is 9. The maximum atomic E-state index is 11.0. The van der Waals surface area contributed by atoms with E-state index < -0.39 is 6.10 Å². The molecular weight excluding hydrogens is 446 g/mol. The fraction of sp³-hybridized carbons (Fsp3) is 0.654. The molecule has 0 spiro atoms. The van der Waals surface area contributed by atoms with Gasteiger partial charge in [-0.1, -0.05) is 35.5 Å². The standard InChI is InChI=1S/C26H41N5O4/c1-28-10-12-31(13-11-28)26-24(25(27-35-26)22-7-4-3-5-8-22)21-30(9-6-16-33-2)20-23(32)19-29-14-17-34-18-15-29/h3-5,7-8,23,32H,6,9-21H2,1-2H3/t23-/m1/s1. The number of nitrogens with zero attached hydrogens (tertiary/aromatic N) is 5. The second-order valence-corrected chi connectivity index (χ2v) is 9.62. The van der Waals surface area contributed by atoms with Crippen LogP contribution in [0.2, 0.25) is 0 Å². The first-order chi connectivity index (χ1) is 17.1. The molecule has 194 valence electrons. The molecule has 1 aromatic heterocycles. The summed E-state index contributed by atoms with van der Waals surface area (Å²) in [7, 11) is 3.89. The molecule has 0 unspecified atom stereocenters. The number of morpholine rings is 1. The number of benzene rings is 1. The van der Waals surface area contributed by atoms with E-state index in [-0.39, 0.29) is 0 Å². The fourth-order valence-electron chi connectivity index (χ4n) is 4.85. The van der Waals surface area contributed by atoms with E-state index in [0.29, 0.717) is 26.2 Å². The molecule has 2 aromatic rings. The normalized spacial score (nSPS) is 18.9. The second-order valence-electron chi connectivity index (χ2n) is 9.62. The topological polar surface area (TPSA) is 77.7 Å². The maximum absolute atomic E-state index is 11.0. The highest BCUT2D eigenvalue weighted by molar-refractivity contribution is 5.68. The van der Waals surface area contributed by atoms with Gasteiger partial charge in [0.2, 0.25) is 5.88 Å². The summed E-state index contributed by atoms with van der Waals surface area (Å²) in [5.74, 6) is 0.858. The van der Waals surface area contributed by atoms with E-state index in [2.05, 4.69) is 43.9 Å². The van der Waals surface area contributed by atoms with Gasteiger partial charge in [-0.25, -0.2) is 0 Å². The van der Waals surface area contributed by atoms with Gasteiger partial charge in [-0.05, 0) is 13.5 Å². The number of aromatic nitrogens is 1. The highest BCUT2D eigenvalue weighted by Gasteiger charge is 2.27. The summed E-state index contributed by atoms with van der Waals surface area (Å²) in [5.41, 5.74) is 3.04. The number of anilines is 1. The molecule has 2 aliphatic heterocycles. The van der Waals surface area contributed by atoms with Crippen molar-refractivity contribution in [3.05, 3.63) is 35.9 Å². The first-order valence-electron chi connectivity index (χ1n) is 12.8. The number of piperazine rings is 1. The average molecular weight is 488 g/mol. The molecule has 1 N–H and O–H groups in total. The molecule has 2 saturated heterocycles. The van der Waals surface area contributed by atoms with E-state index in [1.54, 1.807) is 7.11 Å². The van der Waals surface area contributed by atoms with E-state index in [4.69, 9.17) is 14.0 Å². The van der Waals surface area contributed by atoms with Gasteiger partial charge in [-0.15, -0.1) is 0 Å². The van der Waals surface area contributed by atoms with Crippen LogP contribution in [-0.4, -0.2) is 124 Å². The predicted molar refractivity (Wildman–Crippen MR) is 137 cm³/mol. The molecule has 0 bridgehead atoms. The molecule has 3 heterocycles. The zero-order valence-corrected chi connectivity index (χ0v) is 21.3. The highest BCUT2D eigenvalue weighted by atomic mass is 16.5. The average Bonchev–Trinajstić information content (AvgIpc) is 3.29. The van der Waals surface area contributed by atoms with Crippen LogP contribution in [0, 0.1) is 0 Å². The second kappa shape index (κ2) is 13.3. The van der Waals surface area contributed by atoms with Crippen LogP contribution in [0.4, 0.5) is 5.88 Å². The van der Waals surface area contributed by atoms with Gasteiger partial charge in [-0.2, -0.15) is 0 Å². The number of aliphatic hydroxyl groups is 1. The summed E-state index contributed by atoms with van der Waals surface area (Å²) in [5, 5.41) is 15.5. The van der Waals surface area contributed by atoms with Crippen LogP contribution < -0.4 is 4.90 Å². The maximum Gasteiger partial charge on any atom is 0.232 e. The molecular formula is C26H41N5O4. The molecule has 2 aliphatic rings. The summed E-state index contributed by atoms with van der Waals surface area (Å²) in [6.07, 6.45) is 0.457. The van der Waals surface area contributed by atoms with Gasteiger partial charge >= 0.3 is 0 Å². The first kappa shape index (κ1) is 26.1. The summed E-state index contributed by atoms with van der Waals surface area (Å²) >= 11 is 0. The van der Waals surface area contributed by atoms with E-state index >= 15 is 0 Å². The Kier molecular flexibility index (Phi) is 9.93. The third-order valence-electron chi connectivity index (χ3n) is 6.85. The number of aliphatic hydroxyl groups excluding tert-OH is 1. The van der Waals surface area contributed by atoms with Gasteiger partial charge in [0.05, 0.1) is 24.9 Å². The Morgan fingerprint density at radius 3 is 2.54 bits per heavy atom. The molecule has 0 aliphatic carbocycles. The molecule has 4 rings (SSSR count). The first-order valence-corrected chi connectivity index (χ1v) is 12.8. The lowest BCUT2D eigenvalue weighted by molar-refractivity contribution is 0.00570. The third kappa shape index (κ3) is 7.49. The van der Waals surface area contributed by atoms with Gasteiger partial charge in [0.1, 0.15) is 5.69 Å². The zero-order valence-electron chi connectivity index (χ0n) is 21.3. The van der Waals surface area contributed by atoms with E-state index in [1.807, 2.05) is 18.2 Å². The molecule has 0 saturated carbocycles. The van der Waals surface area contributed by atoms with Crippen LogP contribution in [0.15, 0.2) is 34.9 Å². The molecule has 2 fully saturated rings. The lowest BCUT2D eigenvalue weighted by atomic mass is 10.1. The summed E-state index contributed by atoms with van der Waals surface area (Å²) in [4.78, 5) is 9.25. The molecule has 9 nitrogen and oxygen atoms in total. The number of rotatable bonds is 12. The van der Waals surface area contributed by atoms with Crippen molar-refractivity contribution in [2.24, 2.45) is 0 Å².